The van der Waals surface area contributed by atoms with Gasteiger partial charge in [-0.05, 0) is 38.5 Å². The summed E-state index contributed by atoms with van der Waals surface area (Å²) in [5.41, 5.74) is 0. The molecule has 8 nitrogen and oxygen atoms in total. The lowest BCUT2D eigenvalue weighted by atomic mass is 10.1. The first-order valence-electron chi connectivity index (χ1n) is 13.3. The quantitative estimate of drug-likeness (QED) is 0.0760. The van der Waals surface area contributed by atoms with Gasteiger partial charge in [-0.1, -0.05) is 69.1 Å². The minimum absolute atomic E-state index is 0.0491. The van der Waals surface area contributed by atoms with E-state index in [1.165, 1.54) is 45.4 Å². The molecule has 0 aliphatic carbocycles. The minimum atomic E-state index is -4.29. The summed E-state index contributed by atoms with van der Waals surface area (Å²) in [5, 5.41) is 13.0. The maximum atomic E-state index is 12.1. The number of phosphoric ester groups is 1. The first-order valence-corrected chi connectivity index (χ1v) is 14.8. The highest BCUT2D eigenvalue weighted by Crippen LogP contribution is 2.43. The number of carbonyl (C=O) groups excluding carboxylic acids is 1. The van der Waals surface area contributed by atoms with Gasteiger partial charge in [0.1, 0.15) is 13.2 Å². The van der Waals surface area contributed by atoms with Crippen molar-refractivity contribution in [3.05, 3.63) is 36.5 Å². The molecule has 210 valence electrons. The maximum Gasteiger partial charge on any atom is 0.472 e. The summed E-state index contributed by atoms with van der Waals surface area (Å²) < 4.78 is 22.7. The molecule has 0 aliphatic heterocycles. The van der Waals surface area contributed by atoms with Crippen molar-refractivity contribution in [2.24, 2.45) is 0 Å². The van der Waals surface area contributed by atoms with Crippen molar-refractivity contribution in [3.63, 3.8) is 0 Å². The number of likely N-dealkylation sites (N-methyl/N-ethyl adjacent to an activating group) is 1. The molecule has 0 aliphatic rings. The van der Waals surface area contributed by atoms with Crippen molar-refractivity contribution in [1.29, 1.82) is 0 Å². The minimum Gasteiger partial charge on any atom is -0.387 e. The van der Waals surface area contributed by atoms with Gasteiger partial charge in [-0.25, -0.2) is 4.57 Å². The summed E-state index contributed by atoms with van der Waals surface area (Å²) >= 11 is 0. The number of phosphoric acid groups is 1. The summed E-state index contributed by atoms with van der Waals surface area (Å²) in [5.74, 6) is -0.372. The molecule has 0 saturated heterocycles. The van der Waals surface area contributed by atoms with Crippen LogP contribution in [0.4, 0.5) is 0 Å². The van der Waals surface area contributed by atoms with Gasteiger partial charge in [0.15, 0.2) is 0 Å². The number of nitrogens with one attached hydrogen (secondary N) is 1. The Morgan fingerprint density at radius 3 is 2.03 bits per heavy atom. The van der Waals surface area contributed by atoms with E-state index in [0.717, 1.165) is 25.7 Å². The van der Waals surface area contributed by atoms with E-state index in [4.69, 9.17) is 9.05 Å². The van der Waals surface area contributed by atoms with Crippen LogP contribution in [-0.2, 0) is 18.4 Å². The van der Waals surface area contributed by atoms with E-state index >= 15 is 0 Å². The average molecular weight is 532 g/mol. The molecule has 0 spiro atoms. The molecule has 0 aromatic rings. The second-order valence-electron chi connectivity index (χ2n) is 10.1. The standard InChI is InChI=1S/C27H51N2O6P/c1-6-7-8-9-10-11-12-13-14-15-16-17-18-19-20-21-27(31)26(28-25(2)30)24-35-36(32,33)34-23-22-29(3,4)5/h12-13,16-17,20-21,26-27,31H,6-11,14-15,18-19,22-24H2,1-5H3,(H-,28,30,32,33)/p+1/b13-12+,17-16+,21-20+. The fourth-order valence-corrected chi connectivity index (χ4v) is 3.96. The van der Waals surface area contributed by atoms with Crippen LogP contribution in [-0.4, -0.2) is 73.4 Å². The predicted octanol–water partition coefficient (Wildman–Crippen LogP) is 5.28. The average Bonchev–Trinajstić information content (AvgIpc) is 2.77. The summed E-state index contributed by atoms with van der Waals surface area (Å²) in [7, 11) is 1.52. The molecule has 36 heavy (non-hydrogen) atoms. The smallest absolute Gasteiger partial charge is 0.387 e. The Kier molecular flexibility index (Phi) is 20.0. The molecule has 0 saturated carbocycles. The number of unbranched alkanes of at least 4 members (excludes halogenated alkanes) is 7. The number of hydrogen-bond donors (Lipinski definition) is 3. The lowest BCUT2D eigenvalue weighted by Crippen LogP contribution is -2.44. The predicted molar refractivity (Wildman–Crippen MR) is 148 cm³/mol. The Morgan fingerprint density at radius 1 is 0.917 bits per heavy atom. The number of amides is 1. The molecule has 0 radical (unpaired) electrons. The molecule has 3 unspecified atom stereocenters. The summed E-state index contributed by atoms with van der Waals surface area (Å²) in [6.45, 7) is 3.77. The van der Waals surface area contributed by atoms with Gasteiger partial charge in [0.2, 0.25) is 5.91 Å². The molecule has 0 fully saturated rings. The molecule has 3 atom stereocenters. The summed E-state index contributed by atoms with van der Waals surface area (Å²) in [6, 6.07) is -0.866. The van der Waals surface area contributed by atoms with Crippen LogP contribution < -0.4 is 5.32 Å². The monoisotopic (exact) mass is 531 g/mol. The van der Waals surface area contributed by atoms with Gasteiger partial charge >= 0.3 is 7.82 Å². The summed E-state index contributed by atoms with van der Waals surface area (Å²) in [6.07, 6.45) is 22.6. The van der Waals surface area contributed by atoms with Gasteiger partial charge in [-0.3, -0.25) is 13.8 Å². The van der Waals surface area contributed by atoms with Crippen LogP contribution in [0.5, 0.6) is 0 Å². The second-order valence-corrected chi connectivity index (χ2v) is 11.6. The highest BCUT2D eigenvalue weighted by atomic mass is 31.2. The number of nitrogens with zero attached hydrogens (tertiary/aromatic N) is 1. The van der Waals surface area contributed by atoms with Gasteiger partial charge in [-0.15, -0.1) is 0 Å². The molecule has 0 rings (SSSR count). The van der Waals surface area contributed by atoms with Gasteiger partial charge in [0.05, 0.1) is 39.9 Å². The van der Waals surface area contributed by atoms with Gasteiger partial charge in [0.25, 0.3) is 0 Å². The molecule has 0 aromatic heterocycles. The van der Waals surface area contributed by atoms with Crippen LogP contribution in [0.25, 0.3) is 0 Å². The molecule has 3 N–H and O–H groups in total. The Morgan fingerprint density at radius 2 is 1.47 bits per heavy atom. The van der Waals surface area contributed by atoms with Crippen molar-refractivity contribution in [1.82, 2.24) is 5.32 Å². The zero-order valence-electron chi connectivity index (χ0n) is 23.2. The molecular formula is C27H52N2O6P+. The maximum absolute atomic E-state index is 12.1. The van der Waals surface area contributed by atoms with Crippen LogP contribution in [0, 0.1) is 0 Å². The molecule has 1 amide bonds. The molecule has 9 heteroatoms. The van der Waals surface area contributed by atoms with Crippen molar-refractivity contribution in [2.45, 2.75) is 90.2 Å². The Labute approximate surface area is 219 Å². The van der Waals surface area contributed by atoms with E-state index in [1.54, 1.807) is 6.08 Å². The third-order valence-electron chi connectivity index (χ3n) is 5.38. The van der Waals surface area contributed by atoms with Crippen LogP contribution in [0.3, 0.4) is 0 Å². The number of rotatable bonds is 22. The fourth-order valence-electron chi connectivity index (χ4n) is 3.22. The van der Waals surface area contributed by atoms with Gasteiger partial charge in [-0.2, -0.15) is 0 Å². The van der Waals surface area contributed by atoms with Gasteiger partial charge < -0.3 is 19.8 Å². The number of carbonyl (C=O) groups is 1. The van der Waals surface area contributed by atoms with E-state index < -0.39 is 20.0 Å². The SMILES string of the molecule is CCCCCCC/C=C/CC/C=C/CC/C=C/C(O)C(COP(=O)(O)OCC[N+](C)(C)C)NC(C)=O. The Balaban J connectivity index is 4.25. The zero-order chi connectivity index (χ0) is 27.3. The number of quaternary nitrogens is 1. The highest BCUT2D eigenvalue weighted by molar-refractivity contribution is 7.47. The van der Waals surface area contributed by atoms with Crippen LogP contribution >= 0.6 is 7.82 Å². The van der Waals surface area contributed by atoms with E-state index in [9.17, 15) is 19.4 Å². The van der Waals surface area contributed by atoms with Crippen molar-refractivity contribution in [3.8, 4) is 0 Å². The molecule has 0 heterocycles. The molecule has 0 aromatic carbocycles. The van der Waals surface area contributed by atoms with E-state index in [2.05, 4.69) is 36.5 Å². The second kappa shape index (κ2) is 20.7. The summed E-state index contributed by atoms with van der Waals surface area (Å²) in [4.78, 5) is 21.4. The van der Waals surface area contributed by atoms with Crippen molar-refractivity contribution in [2.75, 3.05) is 40.9 Å². The van der Waals surface area contributed by atoms with E-state index in [0.29, 0.717) is 11.0 Å². The number of allylic oxidation sites excluding steroid dienone is 5. The largest absolute Gasteiger partial charge is 0.472 e. The van der Waals surface area contributed by atoms with Crippen LogP contribution in [0.15, 0.2) is 36.5 Å². The highest BCUT2D eigenvalue weighted by Gasteiger charge is 2.27. The van der Waals surface area contributed by atoms with Crippen molar-refractivity contribution < 1.29 is 32.9 Å². The first-order chi connectivity index (χ1) is 17.0. The Bertz CT molecular complexity index is 703. The first kappa shape index (κ1) is 34.7. The fraction of sp³-hybridized carbons (Fsp3) is 0.741. The number of hydrogen-bond acceptors (Lipinski definition) is 5. The number of aliphatic hydroxyl groups excluding tert-OH is 1. The molecular weight excluding hydrogens is 479 g/mol. The third-order valence-corrected chi connectivity index (χ3v) is 6.36. The number of aliphatic hydroxyl groups is 1. The zero-order valence-corrected chi connectivity index (χ0v) is 24.1. The van der Waals surface area contributed by atoms with E-state index in [1.807, 2.05) is 27.2 Å². The Hall–Kier alpha value is -1.28. The normalized spacial score (nSPS) is 16.1. The molecule has 0 bridgehead atoms. The van der Waals surface area contributed by atoms with E-state index in [-0.39, 0.29) is 19.1 Å². The van der Waals surface area contributed by atoms with Crippen LogP contribution in [0.2, 0.25) is 0 Å². The van der Waals surface area contributed by atoms with Crippen LogP contribution in [0.1, 0.15) is 78.1 Å². The van der Waals surface area contributed by atoms with Gasteiger partial charge in [0, 0.05) is 6.92 Å². The lowest BCUT2D eigenvalue weighted by Gasteiger charge is -2.25. The lowest BCUT2D eigenvalue weighted by molar-refractivity contribution is -0.870. The third kappa shape index (κ3) is 23.1. The topological polar surface area (TPSA) is 105 Å². The van der Waals surface area contributed by atoms with Crippen molar-refractivity contribution >= 4 is 13.7 Å².